The van der Waals surface area contributed by atoms with Crippen molar-refractivity contribution in [1.82, 2.24) is 14.3 Å². The highest BCUT2D eigenvalue weighted by Gasteiger charge is 2.22. The third-order valence-corrected chi connectivity index (χ3v) is 6.73. The molecule has 2 aromatic rings. The topological polar surface area (TPSA) is 117 Å². The van der Waals surface area contributed by atoms with E-state index >= 15 is 0 Å². The number of nitrogens with zero attached hydrogens (tertiary/aromatic N) is 3. The van der Waals surface area contributed by atoms with Crippen LogP contribution in [0.2, 0.25) is 0 Å². The number of hydrogen-bond donors (Lipinski definition) is 2. The summed E-state index contributed by atoms with van der Waals surface area (Å²) in [5, 5.41) is 4.31. The molecule has 0 fully saturated rings. The summed E-state index contributed by atoms with van der Waals surface area (Å²) in [4.78, 5) is 19.6. The lowest BCUT2D eigenvalue weighted by atomic mass is 10.1. The van der Waals surface area contributed by atoms with Gasteiger partial charge in [-0.15, -0.1) is 0 Å². The third-order valence-electron chi connectivity index (χ3n) is 4.70. The van der Waals surface area contributed by atoms with Gasteiger partial charge in [0, 0.05) is 25.0 Å². The molecular formula is C20H29N5O4S. The fourth-order valence-corrected chi connectivity index (χ4v) is 4.53. The number of sulfonamides is 1. The van der Waals surface area contributed by atoms with Gasteiger partial charge in [0.15, 0.2) is 0 Å². The van der Waals surface area contributed by atoms with Crippen molar-refractivity contribution >= 4 is 27.5 Å². The van der Waals surface area contributed by atoms with Crippen LogP contribution >= 0.6 is 0 Å². The van der Waals surface area contributed by atoms with E-state index in [9.17, 15) is 13.2 Å². The van der Waals surface area contributed by atoms with Crippen LogP contribution in [0.3, 0.4) is 0 Å². The maximum absolute atomic E-state index is 12.5. The van der Waals surface area contributed by atoms with Gasteiger partial charge >= 0.3 is 5.97 Å². The van der Waals surface area contributed by atoms with E-state index in [-0.39, 0.29) is 10.9 Å². The zero-order chi connectivity index (χ0) is 22.5. The van der Waals surface area contributed by atoms with Gasteiger partial charge in [-0.3, -0.25) is 5.43 Å². The van der Waals surface area contributed by atoms with E-state index in [0.29, 0.717) is 48.2 Å². The second-order valence-corrected chi connectivity index (χ2v) is 8.56. The Morgan fingerprint density at radius 3 is 2.43 bits per heavy atom. The van der Waals surface area contributed by atoms with Gasteiger partial charge in [-0.2, -0.15) is 9.41 Å². The van der Waals surface area contributed by atoms with Crippen molar-refractivity contribution in [3.63, 3.8) is 0 Å². The van der Waals surface area contributed by atoms with Crippen LogP contribution in [0.15, 0.2) is 28.3 Å². The highest BCUT2D eigenvalue weighted by Crippen LogP contribution is 2.20. The molecule has 0 spiro atoms. The summed E-state index contributed by atoms with van der Waals surface area (Å²) in [6, 6.07) is 3.06. The molecule has 0 saturated heterocycles. The molecule has 9 nitrogen and oxygen atoms in total. The minimum absolute atomic E-state index is 0.132. The van der Waals surface area contributed by atoms with E-state index in [1.54, 1.807) is 40.7 Å². The molecule has 0 aliphatic rings. The van der Waals surface area contributed by atoms with E-state index in [1.165, 1.54) is 16.6 Å². The predicted octanol–water partition coefficient (Wildman–Crippen LogP) is 3.07. The molecule has 30 heavy (non-hydrogen) atoms. The van der Waals surface area contributed by atoms with E-state index < -0.39 is 10.0 Å². The molecule has 0 aliphatic carbocycles. The quantitative estimate of drug-likeness (QED) is 0.355. The molecule has 0 amide bonds. The summed E-state index contributed by atoms with van der Waals surface area (Å²) < 4.78 is 31.5. The van der Waals surface area contributed by atoms with Crippen molar-refractivity contribution in [3.05, 3.63) is 40.8 Å². The van der Waals surface area contributed by atoms with Crippen molar-refractivity contribution in [3.8, 4) is 0 Å². The number of rotatable bonds is 9. The van der Waals surface area contributed by atoms with Crippen molar-refractivity contribution in [1.29, 1.82) is 0 Å². The average molecular weight is 436 g/mol. The normalized spacial score (nSPS) is 12.3. The summed E-state index contributed by atoms with van der Waals surface area (Å²) in [5.41, 5.74) is 6.12. The first-order valence-corrected chi connectivity index (χ1v) is 11.2. The zero-order valence-corrected chi connectivity index (χ0v) is 19.1. The summed E-state index contributed by atoms with van der Waals surface area (Å²) in [6.07, 6.45) is 1.31. The Morgan fingerprint density at radius 1 is 1.23 bits per heavy atom. The van der Waals surface area contributed by atoms with E-state index in [4.69, 9.17) is 4.74 Å². The van der Waals surface area contributed by atoms with Gasteiger partial charge in [-0.05, 0) is 45.4 Å². The SMILES string of the molecule is CCOC(=O)c1c(C)[nH]c(/C(C)=N/Nc2ccc(S(=O)(=O)N(CC)CC)cn2)c1C. The highest BCUT2D eigenvalue weighted by molar-refractivity contribution is 7.89. The van der Waals surface area contributed by atoms with Crippen molar-refractivity contribution < 1.29 is 17.9 Å². The number of aromatic amines is 1. The molecule has 0 aromatic carbocycles. The van der Waals surface area contributed by atoms with E-state index in [2.05, 4.69) is 20.5 Å². The number of esters is 1. The van der Waals surface area contributed by atoms with E-state index in [1.807, 2.05) is 6.92 Å². The van der Waals surface area contributed by atoms with Gasteiger partial charge in [0.05, 0.1) is 23.6 Å². The Morgan fingerprint density at radius 2 is 1.90 bits per heavy atom. The molecule has 10 heteroatoms. The Balaban J connectivity index is 2.21. The van der Waals surface area contributed by atoms with Gasteiger partial charge in [-0.1, -0.05) is 13.8 Å². The second-order valence-electron chi connectivity index (χ2n) is 6.62. The van der Waals surface area contributed by atoms with Crippen LogP contribution < -0.4 is 5.43 Å². The first-order valence-electron chi connectivity index (χ1n) is 9.80. The number of aryl methyl sites for hydroxylation is 1. The average Bonchev–Trinajstić information content (AvgIpc) is 3.01. The van der Waals surface area contributed by atoms with Crippen molar-refractivity contribution in [2.75, 3.05) is 25.1 Å². The molecule has 2 rings (SSSR count). The third kappa shape index (κ3) is 4.88. The minimum Gasteiger partial charge on any atom is -0.462 e. The first-order chi connectivity index (χ1) is 14.2. The van der Waals surface area contributed by atoms with Gasteiger partial charge in [0.25, 0.3) is 0 Å². The van der Waals surface area contributed by atoms with Crippen molar-refractivity contribution in [2.45, 2.75) is 46.4 Å². The van der Waals surface area contributed by atoms with Crippen LogP contribution in [0.5, 0.6) is 0 Å². The summed E-state index contributed by atoms with van der Waals surface area (Å²) >= 11 is 0. The molecule has 2 aromatic heterocycles. The largest absolute Gasteiger partial charge is 0.462 e. The fraction of sp³-hybridized carbons (Fsp3) is 0.450. The molecule has 0 atom stereocenters. The minimum atomic E-state index is -3.55. The van der Waals surface area contributed by atoms with Crippen molar-refractivity contribution in [2.24, 2.45) is 5.10 Å². The lowest BCUT2D eigenvalue weighted by Gasteiger charge is -2.18. The Bertz CT molecular complexity index is 1020. The number of nitrogens with one attached hydrogen (secondary N) is 2. The maximum Gasteiger partial charge on any atom is 0.340 e. The van der Waals surface area contributed by atoms with E-state index in [0.717, 1.165) is 5.56 Å². The van der Waals surface area contributed by atoms with Crippen LogP contribution in [0.4, 0.5) is 5.82 Å². The first kappa shape index (κ1) is 23.6. The molecule has 2 N–H and O–H groups in total. The number of anilines is 1. The highest BCUT2D eigenvalue weighted by atomic mass is 32.2. The molecule has 0 radical (unpaired) electrons. The summed E-state index contributed by atoms with van der Waals surface area (Å²) in [5.74, 6) is 0.0295. The van der Waals surface area contributed by atoms with Gasteiger partial charge in [0.1, 0.15) is 10.7 Å². The standard InChI is InChI=1S/C20H29N5O4S/c1-7-25(8-2)30(27,28)16-10-11-17(21-12-16)24-23-15(6)19-13(4)18(14(5)22-19)20(26)29-9-3/h10-12,22H,7-9H2,1-6H3,(H,21,24)/b23-15+. The van der Waals surface area contributed by atoms with Crippen LogP contribution in [-0.4, -0.2) is 54.1 Å². The molecule has 164 valence electrons. The molecule has 0 bridgehead atoms. The summed E-state index contributed by atoms with van der Waals surface area (Å²) in [7, 11) is -3.55. The lowest BCUT2D eigenvalue weighted by Crippen LogP contribution is -2.30. The Hall–Kier alpha value is -2.72. The second kappa shape index (κ2) is 9.86. The number of pyridine rings is 1. The molecule has 0 saturated carbocycles. The number of ether oxygens (including phenoxy) is 1. The van der Waals surface area contributed by atoms with Crippen LogP contribution in [0.1, 0.15) is 55.0 Å². The smallest absolute Gasteiger partial charge is 0.340 e. The van der Waals surface area contributed by atoms with Gasteiger partial charge < -0.3 is 9.72 Å². The number of aromatic nitrogens is 2. The lowest BCUT2D eigenvalue weighted by molar-refractivity contribution is 0.0525. The molecule has 2 heterocycles. The van der Waals surface area contributed by atoms with Crippen LogP contribution in [0, 0.1) is 13.8 Å². The number of H-pyrrole nitrogens is 1. The Labute approximate surface area is 177 Å². The molecule has 0 aliphatic heterocycles. The fourth-order valence-electron chi connectivity index (χ4n) is 3.13. The number of hydrogen-bond acceptors (Lipinski definition) is 7. The molecule has 0 unspecified atom stereocenters. The van der Waals surface area contributed by atoms with Gasteiger partial charge in [0.2, 0.25) is 10.0 Å². The Kier molecular flexibility index (Phi) is 7.74. The number of hydrazone groups is 1. The zero-order valence-electron chi connectivity index (χ0n) is 18.2. The monoisotopic (exact) mass is 435 g/mol. The van der Waals surface area contributed by atoms with Crippen LogP contribution in [-0.2, 0) is 14.8 Å². The maximum atomic E-state index is 12.5. The molecular weight excluding hydrogens is 406 g/mol. The number of carbonyl (C=O) groups excluding carboxylic acids is 1. The number of carbonyl (C=O) groups is 1. The van der Waals surface area contributed by atoms with Gasteiger partial charge in [-0.25, -0.2) is 18.2 Å². The predicted molar refractivity (Wildman–Crippen MR) is 116 cm³/mol. The van der Waals surface area contributed by atoms with Crippen LogP contribution in [0.25, 0.3) is 0 Å². The summed E-state index contributed by atoms with van der Waals surface area (Å²) in [6.45, 7) is 11.9.